The molecule has 20 heavy (non-hydrogen) atoms. The van der Waals surface area contributed by atoms with E-state index in [1.165, 1.54) is 0 Å². The summed E-state index contributed by atoms with van der Waals surface area (Å²) in [6.45, 7) is 7.89. The van der Waals surface area contributed by atoms with E-state index in [9.17, 15) is 5.26 Å². The van der Waals surface area contributed by atoms with E-state index >= 15 is 0 Å². The Morgan fingerprint density at radius 2 is 1.70 bits per heavy atom. The SMILES string of the molecule is Cc1cc(Nc2c(C)cc(Br)cc2C)c(C#N)c(C)n1. The minimum atomic E-state index is 0.595. The predicted octanol–water partition coefficient (Wildman–Crippen LogP) is 4.69. The van der Waals surface area contributed by atoms with E-state index in [1.807, 2.05) is 33.8 Å². The van der Waals surface area contributed by atoms with Gasteiger partial charge in [0, 0.05) is 15.9 Å². The maximum atomic E-state index is 9.31. The normalized spacial score (nSPS) is 10.2. The molecule has 102 valence electrons. The largest absolute Gasteiger partial charge is 0.354 e. The summed E-state index contributed by atoms with van der Waals surface area (Å²) in [6, 6.07) is 8.25. The first-order valence-electron chi connectivity index (χ1n) is 6.34. The molecule has 2 aromatic rings. The molecule has 0 spiro atoms. The highest BCUT2D eigenvalue weighted by Crippen LogP contribution is 2.30. The van der Waals surface area contributed by atoms with Crippen molar-refractivity contribution in [3.8, 4) is 6.07 Å². The molecule has 0 aliphatic heterocycles. The summed E-state index contributed by atoms with van der Waals surface area (Å²) in [5, 5.41) is 12.7. The number of hydrogen-bond donors (Lipinski definition) is 1. The number of benzene rings is 1. The molecule has 1 heterocycles. The van der Waals surface area contributed by atoms with Gasteiger partial charge in [-0.05, 0) is 57.0 Å². The van der Waals surface area contributed by atoms with Gasteiger partial charge in [0.25, 0.3) is 0 Å². The lowest BCUT2D eigenvalue weighted by Gasteiger charge is -2.15. The maximum absolute atomic E-state index is 9.31. The lowest BCUT2D eigenvalue weighted by Crippen LogP contribution is -2.02. The zero-order valence-corrected chi connectivity index (χ0v) is 13.6. The second kappa shape index (κ2) is 5.64. The lowest BCUT2D eigenvalue weighted by atomic mass is 10.1. The molecule has 0 fully saturated rings. The van der Waals surface area contributed by atoms with E-state index in [1.54, 1.807) is 0 Å². The van der Waals surface area contributed by atoms with Crippen molar-refractivity contribution in [1.29, 1.82) is 5.26 Å². The molecular weight excluding hydrogens is 314 g/mol. The quantitative estimate of drug-likeness (QED) is 0.869. The van der Waals surface area contributed by atoms with Gasteiger partial charge in [-0.2, -0.15) is 5.26 Å². The van der Waals surface area contributed by atoms with Gasteiger partial charge in [0.1, 0.15) is 6.07 Å². The monoisotopic (exact) mass is 329 g/mol. The van der Waals surface area contributed by atoms with Crippen LogP contribution in [-0.2, 0) is 0 Å². The van der Waals surface area contributed by atoms with Crippen LogP contribution in [0, 0.1) is 39.0 Å². The first-order valence-corrected chi connectivity index (χ1v) is 7.13. The molecular formula is C16H16BrN3. The average molecular weight is 330 g/mol. The summed E-state index contributed by atoms with van der Waals surface area (Å²) < 4.78 is 1.06. The minimum Gasteiger partial charge on any atom is -0.354 e. The van der Waals surface area contributed by atoms with Crippen LogP contribution in [0.1, 0.15) is 28.1 Å². The zero-order chi connectivity index (χ0) is 14.9. The van der Waals surface area contributed by atoms with E-state index < -0.39 is 0 Å². The molecule has 0 aliphatic carbocycles. The molecule has 0 unspecified atom stereocenters. The number of hydrogen-bond acceptors (Lipinski definition) is 3. The Morgan fingerprint density at radius 1 is 1.10 bits per heavy atom. The standard InChI is InChI=1S/C16H16BrN3/c1-9-5-13(17)6-10(2)16(9)20-15-7-11(3)19-12(4)14(15)8-18/h5-7H,1-4H3,(H,19,20). The Balaban J connectivity index is 2.54. The number of rotatable bonds is 2. The van der Waals surface area contributed by atoms with Crippen molar-refractivity contribution >= 4 is 27.3 Å². The summed E-state index contributed by atoms with van der Waals surface area (Å²) in [7, 11) is 0. The number of halogens is 1. The van der Waals surface area contributed by atoms with Gasteiger partial charge >= 0.3 is 0 Å². The Morgan fingerprint density at radius 3 is 2.25 bits per heavy atom. The minimum absolute atomic E-state index is 0.595. The molecule has 0 radical (unpaired) electrons. The fourth-order valence-electron chi connectivity index (χ4n) is 2.31. The molecule has 3 nitrogen and oxygen atoms in total. The van der Waals surface area contributed by atoms with Crippen LogP contribution in [0.2, 0.25) is 0 Å². The van der Waals surface area contributed by atoms with Crippen LogP contribution in [0.15, 0.2) is 22.7 Å². The average Bonchev–Trinajstić information content (AvgIpc) is 2.33. The second-order valence-electron chi connectivity index (χ2n) is 4.92. The molecule has 0 amide bonds. The number of aromatic nitrogens is 1. The fraction of sp³-hybridized carbons (Fsp3) is 0.250. The molecule has 0 saturated carbocycles. The number of anilines is 2. The Bertz CT molecular complexity index is 691. The van der Waals surface area contributed by atoms with Crippen LogP contribution >= 0.6 is 15.9 Å². The number of pyridine rings is 1. The van der Waals surface area contributed by atoms with E-state index in [0.29, 0.717) is 5.56 Å². The summed E-state index contributed by atoms with van der Waals surface area (Å²) in [6.07, 6.45) is 0. The van der Waals surface area contributed by atoms with Gasteiger partial charge in [-0.3, -0.25) is 4.98 Å². The first-order chi connectivity index (χ1) is 9.42. The lowest BCUT2D eigenvalue weighted by molar-refractivity contribution is 1.11. The van der Waals surface area contributed by atoms with E-state index in [-0.39, 0.29) is 0 Å². The van der Waals surface area contributed by atoms with Crippen molar-refractivity contribution in [2.75, 3.05) is 5.32 Å². The summed E-state index contributed by atoms with van der Waals surface area (Å²) >= 11 is 3.49. The number of nitriles is 1. The number of nitrogens with one attached hydrogen (secondary N) is 1. The van der Waals surface area contributed by atoms with E-state index in [0.717, 1.165) is 38.4 Å². The second-order valence-corrected chi connectivity index (χ2v) is 5.84. The molecule has 0 atom stereocenters. The molecule has 1 aromatic carbocycles. The van der Waals surface area contributed by atoms with E-state index in [2.05, 4.69) is 44.4 Å². The Labute approximate surface area is 127 Å². The van der Waals surface area contributed by atoms with Crippen molar-refractivity contribution < 1.29 is 0 Å². The highest BCUT2D eigenvalue weighted by atomic mass is 79.9. The third kappa shape index (κ3) is 2.83. The van der Waals surface area contributed by atoms with Gasteiger partial charge in [-0.1, -0.05) is 15.9 Å². The molecule has 4 heteroatoms. The van der Waals surface area contributed by atoms with Crippen LogP contribution in [0.5, 0.6) is 0 Å². The van der Waals surface area contributed by atoms with Crippen LogP contribution in [0.4, 0.5) is 11.4 Å². The highest BCUT2D eigenvalue weighted by molar-refractivity contribution is 9.10. The Kier molecular flexibility index (Phi) is 4.10. The molecule has 1 N–H and O–H groups in total. The van der Waals surface area contributed by atoms with Crippen molar-refractivity contribution in [3.05, 3.63) is 50.8 Å². The third-order valence-electron chi connectivity index (χ3n) is 3.20. The van der Waals surface area contributed by atoms with E-state index in [4.69, 9.17) is 0 Å². The summed E-state index contributed by atoms with van der Waals surface area (Å²) in [4.78, 5) is 4.34. The van der Waals surface area contributed by atoms with Gasteiger partial charge in [0.05, 0.1) is 16.9 Å². The van der Waals surface area contributed by atoms with Crippen LogP contribution in [0.3, 0.4) is 0 Å². The third-order valence-corrected chi connectivity index (χ3v) is 3.66. The molecule has 0 saturated heterocycles. The van der Waals surface area contributed by atoms with Crippen molar-refractivity contribution in [1.82, 2.24) is 4.98 Å². The van der Waals surface area contributed by atoms with Crippen LogP contribution in [0.25, 0.3) is 0 Å². The molecule has 0 aliphatic rings. The smallest absolute Gasteiger partial charge is 0.103 e. The molecule has 2 rings (SSSR count). The zero-order valence-electron chi connectivity index (χ0n) is 12.0. The maximum Gasteiger partial charge on any atom is 0.103 e. The topological polar surface area (TPSA) is 48.7 Å². The molecule has 0 bridgehead atoms. The van der Waals surface area contributed by atoms with Gasteiger partial charge in [0.15, 0.2) is 0 Å². The first kappa shape index (κ1) is 14.5. The summed E-state index contributed by atoms with van der Waals surface area (Å²) in [5.41, 5.74) is 6.36. The summed E-state index contributed by atoms with van der Waals surface area (Å²) in [5.74, 6) is 0. The molecule has 1 aromatic heterocycles. The Hall–Kier alpha value is -1.86. The van der Waals surface area contributed by atoms with Gasteiger partial charge in [-0.25, -0.2) is 0 Å². The van der Waals surface area contributed by atoms with Gasteiger partial charge in [0.2, 0.25) is 0 Å². The van der Waals surface area contributed by atoms with Crippen molar-refractivity contribution in [2.45, 2.75) is 27.7 Å². The number of nitrogens with zero attached hydrogens (tertiary/aromatic N) is 2. The van der Waals surface area contributed by atoms with Crippen LogP contribution < -0.4 is 5.32 Å². The van der Waals surface area contributed by atoms with Crippen molar-refractivity contribution in [3.63, 3.8) is 0 Å². The van der Waals surface area contributed by atoms with Gasteiger partial charge < -0.3 is 5.32 Å². The van der Waals surface area contributed by atoms with Crippen LogP contribution in [-0.4, -0.2) is 4.98 Å². The fourth-order valence-corrected chi connectivity index (χ4v) is 3.00. The van der Waals surface area contributed by atoms with Crippen molar-refractivity contribution in [2.24, 2.45) is 0 Å². The number of aryl methyl sites for hydroxylation is 4. The highest BCUT2D eigenvalue weighted by Gasteiger charge is 2.11. The predicted molar refractivity (Wildman–Crippen MR) is 85.3 cm³/mol. The van der Waals surface area contributed by atoms with Gasteiger partial charge in [-0.15, -0.1) is 0 Å².